The summed E-state index contributed by atoms with van der Waals surface area (Å²) < 4.78 is 1.69. The maximum absolute atomic E-state index is 5.61. The van der Waals surface area contributed by atoms with E-state index in [1.165, 1.54) is 12.8 Å². The zero-order chi connectivity index (χ0) is 9.42. The maximum atomic E-state index is 5.61. The summed E-state index contributed by atoms with van der Waals surface area (Å²) in [5.41, 5.74) is 11.1. The Labute approximate surface area is 76.0 Å². The fraction of sp³-hybridized carbons (Fsp3) is 0.571. The molecular formula is C7H13N6+. The molecule has 0 bridgehead atoms. The van der Waals surface area contributed by atoms with Crippen LogP contribution in [0.1, 0.15) is 12.8 Å². The molecule has 13 heavy (non-hydrogen) atoms. The lowest BCUT2D eigenvalue weighted by atomic mass is 10.6. The lowest BCUT2D eigenvalue weighted by Gasteiger charge is -2.03. The molecule has 0 radical (unpaired) electrons. The van der Waals surface area contributed by atoms with Crippen LogP contribution in [0.15, 0.2) is 0 Å². The van der Waals surface area contributed by atoms with Gasteiger partial charge in [0.2, 0.25) is 0 Å². The fourth-order valence-corrected chi connectivity index (χ4v) is 1.05. The van der Waals surface area contributed by atoms with Gasteiger partial charge in [-0.3, -0.25) is 0 Å². The van der Waals surface area contributed by atoms with Crippen LogP contribution in [0.4, 0.5) is 17.8 Å². The number of nitrogens with one attached hydrogen (secondary N) is 1. The lowest BCUT2D eigenvalue weighted by molar-refractivity contribution is -0.647. The van der Waals surface area contributed by atoms with Gasteiger partial charge in [-0.2, -0.15) is 0 Å². The van der Waals surface area contributed by atoms with E-state index in [1.54, 1.807) is 11.6 Å². The summed E-state index contributed by atoms with van der Waals surface area (Å²) in [4.78, 5) is 7.88. The van der Waals surface area contributed by atoms with Gasteiger partial charge in [-0.25, -0.2) is 4.57 Å². The van der Waals surface area contributed by atoms with Gasteiger partial charge in [0.15, 0.2) is 0 Å². The SMILES string of the molecule is C[n+]1c(N)nc(N)nc1NC1CC1. The summed E-state index contributed by atoms with van der Waals surface area (Å²) in [5, 5.41) is 3.22. The number of nitrogens with zero attached hydrogens (tertiary/aromatic N) is 3. The zero-order valence-corrected chi connectivity index (χ0v) is 7.49. The van der Waals surface area contributed by atoms with E-state index in [4.69, 9.17) is 11.5 Å². The van der Waals surface area contributed by atoms with E-state index >= 15 is 0 Å². The third-order valence-corrected chi connectivity index (χ3v) is 2.02. The smallest absolute Gasteiger partial charge is 0.325 e. The van der Waals surface area contributed by atoms with Crippen LogP contribution in [0.25, 0.3) is 0 Å². The first-order chi connectivity index (χ1) is 6.16. The number of anilines is 3. The van der Waals surface area contributed by atoms with Crippen LogP contribution in [0, 0.1) is 0 Å². The predicted molar refractivity (Wildman–Crippen MR) is 48.7 cm³/mol. The molecule has 0 spiro atoms. The van der Waals surface area contributed by atoms with Crippen molar-refractivity contribution in [1.82, 2.24) is 9.97 Å². The first-order valence-electron chi connectivity index (χ1n) is 4.22. The summed E-state index contributed by atoms with van der Waals surface area (Å²) in [7, 11) is 1.81. The highest BCUT2D eigenvalue weighted by atomic mass is 15.3. The molecular weight excluding hydrogens is 168 g/mol. The second kappa shape index (κ2) is 2.72. The minimum Gasteiger partial charge on any atom is -0.351 e. The van der Waals surface area contributed by atoms with Crippen LogP contribution < -0.4 is 21.4 Å². The molecule has 6 heteroatoms. The molecule has 2 rings (SSSR count). The molecule has 0 saturated heterocycles. The van der Waals surface area contributed by atoms with E-state index in [1.807, 2.05) is 0 Å². The Kier molecular flexibility index (Phi) is 1.68. The minimum atomic E-state index is 0.207. The van der Waals surface area contributed by atoms with Crippen molar-refractivity contribution in [3.63, 3.8) is 0 Å². The molecule has 1 aliphatic rings. The number of hydrogen-bond donors (Lipinski definition) is 3. The molecule has 5 N–H and O–H groups in total. The standard InChI is InChI=1S/C7H12N6/c1-13-6(9)11-5(8)12-7(13)10-4-2-3-4/h4H,2-3H2,1H3,(H4,8,9,10,11,12)/p+1. The fourth-order valence-electron chi connectivity index (χ4n) is 1.05. The van der Waals surface area contributed by atoms with E-state index in [0.717, 1.165) is 0 Å². The molecule has 70 valence electrons. The quantitative estimate of drug-likeness (QED) is 0.511. The van der Waals surface area contributed by atoms with Crippen molar-refractivity contribution in [1.29, 1.82) is 0 Å². The van der Waals surface area contributed by atoms with Gasteiger partial charge in [-0.15, -0.1) is 0 Å². The zero-order valence-electron chi connectivity index (χ0n) is 7.49. The Hall–Kier alpha value is -1.59. The number of rotatable bonds is 2. The van der Waals surface area contributed by atoms with Crippen molar-refractivity contribution in [3.8, 4) is 0 Å². The molecule has 1 fully saturated rings. The van der Waals surface area contributed by atoms with Gasteiger partial charge in [0.1, 0.15) is 0 Å². The van der Waals surface area contributed by atoms with E-state index in [-0.39, 0.29) is 5.95 Å². The van der Waals surface area contributed by atoms with E-state index < -0.39 is 0 Å². The molecule has 0 aromatic carbocycles. The third kappa shape index (κ3) is 1.61. The van der Waals surface area contributed by atoms with Crippen molar-refractivity contribution in [3.05, 3.63) is 0 Å². The normalized spacial score (nSPS) is 15.8. The van der Waals surface area contributed by atoms with Gasteiger partial charge in [0.25, 0.3) is 0 Å². The highest BCUT2D eigenvalue weighted by Crippen LogP contribution is 2.22. The Morgan fingerprint density at radius 1 is 1.38 bits per heavy atom. The summed E-state index contributed by atoms with van der Waals surface area (Å²) >= 11 is 0. The molecule has 0 unspecified atom stereocenters. The first kappa shape index (κ1) is 8.03. The highest BCUT2D eigenvalue weighted by molar-refractivity contribution is 5.31. The molecule has 1 saturated carbocycles. The van der Waals surface area contributed by atoms with Crippen molar-refractivity contribution in [2.75, 3.05) is 16.8 Å². The number of hydrogen-bond acceptors (Lipinski definition) is 5. The molecule has 1 aromatic rings. The maximum Gasteiger partial charge on any atom is 0.325 e. The largest absolute Gasteiger partial charge is 0.351 e. The topological polar surface area (TPSA) is 93.7 Å². The lowest BCUT2D eigenvalue weighted by Crippen LogP contribution is -2.39. The minimum absolute atomic E-state index is 0.207. The van der Waals surface area contributed by atoms with Gasteiger partial charge >= 0.3 is 17.8 Å². The van der Waals surface area contributed by atoms with Crippen molar-refractivity contribution >= 4 is 17.8 Å². The average molecular weight is 181 g/mol. The van der Waals surface area contributed by atoms with Gasteiger partial charge in [0, 0.05) is 7.05 Å². The molecule has 1 aliphatic carbocycles. The second-order valence-corrected chi connectivity index (χ2v) is 3.24. The van der Waals surface area contributed by atoms with E-state index in [2.05, 4.69) is 15.3 Å². The van der Waals surface area contributed by atoms with Gasteiger partial charge in [-0.05, 0) is 12.8 Å². The van der Waals surface area contributed by atoms with Gasteiger partial charge < -0.3 is 16.8 Å². The van der Waals surface area contributed by atoms with Crippen LogP contribution in [0.3, 0.4) is 0 Å². The van der Waals surface area contributed by atoms with Gasteiger partial charge in [-0.1, -0.05) is 9.97 Å². The van der Waals surface area contributed by atoms with Crippen molar-refractivity contribution in [2.45, 2.75) is 18.9 Å². The number of nitrogens with two attached hydrogens (primary N) is 2. The molecule has 0 amide bonds. The first-order valence-corrected chi connectivity index (χ1v) is 4.22. The third-order valence-electron chi connectivity index (χ3n) is 2.02. The molecule has 6 nitrogen and oxygen atoms in total. The predicted octanol–water partition coefficient (Wildman–Crippen LogP) is -0.960. The van der Waals surface area contributed by atoms with Crippen LogP contribution in [0.2, 0.25) is 0 Å². The number of nitrogen functional groups attached to an aromatic ring is 2. The Balaban J connectivity index is 2.30. The van der Waals surface area contributed by atoms with Crippen LogP contribution in [-0.4, -0.2) is 16.0 Å². The van der Waals surface area contributed by atoms with Gasteiger partial charge in [0.05, 0.1) is 6.04 Å². The molecule has 1 aromatic heterocycles. The van der Waals surface area contributed by atoms with E-state index in [9.17, 15) is 0 Å². The Morgan fingerprint density at radius 2 is 2.08 bits per heavy atom. The molecule has 0 aliphatic heterocycles. The van der Waals surface area contributed by atoms with Crippen molar-refractivity contribution < 1.29 is 4.57 Å². The van der Waals surface area contributed by atoms with Crippen LogP contribution in [0.5, 0.6) is 0 Å². The van der Waals surface area contributed by atoms with Crippen LogP contribution >= 0.6 is 0 Å². The Bertz CT molecular complexity index is 332. The molecule has 1 heterocycles. The average Bonchev–Trinajstić information content (AvgIpc) is 2.83. The van der Waals surface area contributed by atoms with Crippen LogP contribution in [-0.2, 0) is 7.05 Å². The summed E-state index contributed by atoms with van der Waals surface area (Å²) in [6, 6.07) is 0.528. The summed E-state index contributed by atoms with van der Waals surface area (Å²) in [6.45, 7) is 0. The number of aromatic nitrogens is 3. The van der Waals surface area contributed by atoms with Crippen molar-refractivity contribution in [2.24, 2.45) is 7.05 Å². The summed E-state index contributed by atoms with van der Waals surface area (Å²) in [5.74, 6) is 1.27. The highest BCUT2D eigenvalue weighted by Gasteiger charge is 2.26. The monoisotopic (exact) mass is 181 g/mol. The Morgan fingerprint density at radius 3 is 2.69 bits per heavy atom. The second-order valence-electron chi connectivity index (χ2n) is 3.24. The summed E-state index contributed by atoms with van der Waals surface area (Å²) in [6.07, 6.45) is 2.37. The van der Waals surface area contributed by atoms with E-state index in [0.29, 0.717) is 17.9 Å². The molecule has 0 atom stereocenters.